The van der Waals surface area contributed by atoms with Crippen molar-refractivity contribution in [1.29, 1.82) is 0 Å². The van der Waals surface area contributed by atoms with Gasteiger partial charge in [0.15, 0.2) is 5.82 Å². The van der Waals surface area contributed by atoms with Gasteiger partial charge in [0.25, 0.3) is 0 Å². The molecule has 0 spiro atoms. The van der Waals surface area contributed by atoms with Crippen molar-refractivity contribution in [2.75, 3.05) is 24.6 Å². The van der Waals surface area contributed by atoms with Gasteiger partial charge in [-0.05, 0) is 43.7 Å². The minimum Gasteiger partial charge on any atom is -0.378 e. The molecule has 5 heteroatoms. The summed E-state index contributed by atoms with van der Waals surface area (Å²) in [5.41, 5.74) is 1.32. The van der Waals surface area contributed by atoms with Crippen molar-refractivity contribution < 1.29 is 9.13 Å². The number of rotatable bonds is 4. The second kappa shape index (κ2) is 6.71. The molecular weight excluding hydrogens is 305 g/mol. The molecule has 1 saturated carbocycles. The Morgan fingerprint density at radius 2 is 1.92 bits per heavy atom. The van der Waals surface area contributed by atoms with Crippen LogP contribution in [0.4, 0.5) is 10.3 Å². The number of para-hydroxylation sites is 1. The smallest absolute Gasteiger partial charge is 0.206 e. The van der Waals surface area contributed by atoms with Crippen LogP contribution >= 0.6 is 0 Å². The van der Waals surface area contributed by atoms with E-state index in [1.165, 1.54) is 31.7 Å². The summed E-state index contributed by atoms with van der Waals surface area (Å²) in [5.74, 6) is 1.40. The molecule has 1 aromatic heterocycles. The Labute approximate surface area is 142 Å². The van der Waals surface area contributed by atoms with Gasteiger partial charge < -0.3 is 14.2 Å². The van der Waals surface area contributed by atoms with Crippen LogP contribution in [-0.2, 0) is 11.8 Å². The molecule has 1 saturated heterocycles. The Morgan fingerprint density at radius 1 is 1.17 bits per heavy atom. The molecule has 1 aromatic carbocycles. The molecule has 0 unspecified atom stereocenters. The van der Waals surface area contributed by atoms with E-state index in [-0.39, 0.29) is 5.82 Å². The molecule has 0 N–H and O–H groups in total. The first-order valence-electron chi connectivity index (χ1n) is 9.20. The second-order valence-corrected chi connectivity index (χ2v) is 7.25. The first-order chi connectivity index (χ1) is 11.7. The maximum Gasteiger partial charge on any atom is 0.206 e. The molecular formula is C19H26FN3O. The molecule has 0 bridgehead atoms. The number of aromatic nitrogens is 2. The number of fused-ring (bicyclic) bond motifs is 1. The maximum atomic E-state index is 13.9. The second-order valence-electron chi connectivity index (χ2n) is 7.25. The summed E-state index contributed by atoms with van der Waals surface area (Å²) in [6.45, 7) is 2.78. The number of nitrogens with zero attached hydrogens (tertiary/aromatic N) is 3. The van der Waals surface area contributed by atoms with Gasteiger partial charge in [0.2, 0.25) is 5.95 Å². The fourth-order valence-electron chi connectivity index (χ4n) is 4.12. The van der Waals surface area contributed by atoms with Crippen LogP contribution in [0, 0.1) is 11.7 Å². The predicted molar refractivity (Wildman–Crippen MR) is 93.8 cm³/mol. The first kappa shape index (κ1) is 15.9. The summed E-state index contributed by atoms with van der Waals surface area (Å²) in [6, 6.07) is 5.14. The number of aryl methyl sites for hydroxylation is 1. The summed E-state index contributed by atoms with van der Waals surface area (Å²) in [4.78, 5) is 6.80. The zero-order valence-electron chi connectivity index (χ0n) is 14.4. The quantitative estimate of drug-likeness (QED) is 0.851. The number of anilines is 1. The van der Waals surface area contributed by atoms with Crippen molar-refractivity contribution >= 4 is 17.0 Å². The van der Waals surface area contributed by atoms with Gasteiger partial charge >= 0.3 is 0 Å². The van der Waals surface area contributed by atoms with Gasteiger partial charge in [-0.15, -0.1) is 0 Å². The Kier molecular flexibility index (Phi) is 4.44. The first-order valence-corrected chi connectivity index (χ1v) is 9.20. The molecule has 1 aliphatic carbocycles. The third-order valence-corrected chi connectivity index (χ3v) is 5.61. The third kappa shape index (κ3) is 3.02. The van der Waals surface area contributed by atoms with Crippen molar-refractivity contribution in [3.63, 3.8) is 0 Å². The van der Waals surface area contributed by atoms with Crippen molar-refractivity contribution in [2.24, 2.45) is 13.0 Å². The van der Waals surface area contributed by atoms with Gasteiger partial charge in [0, 0.05) is 26.7 Å². The number of hydrogen-bond acceptors (Lipinski definition) is 3. The Balaban J connectivity index is 1.39. The van der Waals surface area contributed by atoms with Crippen LogP contribution in [0.2, 0.25) is 0 Å². The van der Waals surface area contributed by atoms with Gasteiger partial charge in [-0.2, -0.15) is 0 Å². The van der Waals surface area contributed by atoms with Gasteiger partial charge in [0.05, 0.1) is 11.6 Å². The average molecular weight is 331 g/mol. The summed E-state index contributed by atoms with van der Waals surface area (Å²) in [7, 11) is 1.97. The minimum absolute atomic E-state index is 0.246. The van der Waals surface area contributed by atoms with E-state index >= 15 is 0 Å². The lowest BCUT2D eigenvalue weighted by Gasteiger charge is -2.33. The van der Waals surface area contributed by atoms with E-state index in [4.69, 9.17) is 4.74 Å². The fraction of sp³-hybridized carbons (Fsp3) is 0.632. The Hall–Kier alpha value is -1.62. The van der Waals surface area contributed by atoms with Crippen LogP contribution in [0.15, 0.2) is 18.2 Å². The fourth-order valence-corrected chi connectivity index (χ4v) is 4.12. The van der Waals surface area contributed by atoms with Gasteiger partial charge in [0.1, 0.15) is 5.52 Å². The lowest BCUT2D eigenvalue weighted by Crippen LogP contribution is -2.38. The molecule has 2 aliphatic rings. The molecule has 0 atom stereocenters. The minimum atomic E-state index is -0.246. The highest BCUT2D eigenvalue weighted by molar-refractivity contribution is 5.79. The van der Waals surface area contributed by atoms with E-state index in [1.54, 1.807) is 6.07 Å². The molecule has 4 nitrogen and oxygen atoms in total. The van der Waals surface area contributed by atoms with Crippen LogP contribution in [0.1, 0.15) is 38.5 Å². The van der Waals surface area contributed by atoms with Crippen molar-refractivity contribution in [2.45, 2.75) is 44.6 Å². The highest BCUT2D eigenvalue weighted by Gasteiger charge is 2.25. The summed E-state index contributed by atoms with van der Waals surface area (Å²) in [6.07, 6.45) is 7.84. The largest absolute Gasteiger partial charge is 0.378 e. The van der Waals surface area contributed by atoms with Crippen LogP contribution in [-0.4, -0.2) is 35.4 Å². The SMILES string of the molecule is Cn1c(N2CCC(OCC3CCCC3)CC2)nc2c(F)cccc21. The zero-order chi connectivity index (χ0) is 16.5. The number of imidazole rings is 1. The highest BCUT2D eigenvalue weighted by Crippen LogP contribution is 2.28. The number of benzene rings is 1. The Bertz CT molecular complexity index is 700. The highest BCUT2D eigenvalue weighted by atomic mass is 19.1. The lowest BCUT2D eigenvalue weighted by molar-refractivity contribution is 0.0163. The van der Waals surface area contributed by atoms with Crippen LogP contribution in [0.3, 0.4) is 0 Å². The molecule has 130 valence electrons. The van der Waals surface area contributed by atoms with E-state index in [2.05, 4.69) is 9.88 Å². The third-order valence-electron chi connectivity index (χ3n) is 5.61. The van der Waals surface area contributed by atoms with Gasteiger partial charge in [-0.25, -0.2) is 9.37 Å². The molecule has 2 heterocycles. The number of halogens is 1. The Morgan fingerprint density at radius 3 is 2.62 bits per heavy atom. The van der Waals surface area contributed by atoms with Gasteiger partial charge in [-0.1, -0.05) is 18.9 Å². The average Bonchev–Trinajstić information content (AvgIpc) is 3.23. The van der Waals surface area contributed by atoms with Crippen LogP contribution in [0.25, 0.3) is 11.0 Å². The van der Waals surface area contributed by atoms with Crippen LogP contribution < -0.4 is 4.90 Å². The summed E-state index contributed by atoms with van der Waals surface area (Å²) < 4.78 is 22.1. The summed E-state index contributed by atoms with van der Waals surface area (Å²) >= 11 is 0. The molecule has 0 amide bonds. The standard InChI is InChI=1S/C19H26FN3O/c1-22-17-8-4-7-16(20)18(17)21-19(22)23-11-9-15(10-12-23)24-13-14-5-2-3-6-14/h4,7-8,14-15H,2-3,5-6,9-13H2,1H3. The molecule has 1 aliphatic heterocycles. The molecule has 24 heavy (non-hydrogen) atoms. The molecule has 4 rings (SSSR count). The molecule has 0 radical (unpaired) electrons. The van der Waals surface area contributed by atoms with Crippen LogP contribution in [0.5, 0.6) is 0 Å². The van der Waals surface area contributed by atoms with E-state index in [0.29, 0.717) is 11.6 Å². The number of piperidine rings is 1. The zero-order valence-corrected chi connectivity index (χ0v) is 14.4. The summed E-state index contributed by atoms with van der Waals surface area (Å²) in [5, 5.41) is 0. The monoisotopic (exact) mass is 331 g/mol. The van der Waals surface area contributed by atoms with Crippen molar-refractivity contribution in [1.82, 2.24) is 9.55 Å². The van der Waals surface area contributed by atoms with E-state index in [9.17, 15) is 4.39 Å². The molecule has 2 fully saturated rings. The normalized spacial score (nSPS) is 20.3. The van der Waals surface area contributed by atoms with E-state index in [1.807, 2.05) is 17.7 Å². The topological polar surface area (TPSA) is 30.3 Å². The van der Waals surface area contributed by atoms with Crippen molar-refractivity contribution in [3.05, 3.63) is 24.0 Å². The number of hydrogen-bond donors (Lipinski definition) is 0. The van der Waals surface area contributed by atoms with Crippen molar-refractivity contribution in [3.8, 4) is 0 Å². The molecule has 2 aromatic rings. The lowest BCUT2D eigenvalue weighted by atomic mass is 10.1. The predicted octanol–water partition coefficient (Wildman–Crippen LogP) is 3.89. The van der Waals surface area contributed by atoms with Gasteiger partial charge in [-0.3, -0.25) is 0 Å². The van der Waals surface area contributed by atoms with E-state index < -0.39 is 0 Å². The maximum absolute atomic E-state index is 13.9. The van der Waals surface area contributed by atoms with E-state index in [0.717, 1.165) is 49.9 Å². The number of ether oxygens (including phenoxy) is 1.